The summed E-state index contributed by atoms with van der Waals surface area (Å²) in [6.07, 6.45) is 3.37. The molecule has 2 N–H and O–H groups in total. The molecule has 0 spiro atoms. The molecule has 1 saturated heterocycles. The molecule has 0 bridgehead atoms. The van der Waals surface area contributed by atoms with Crippen LogP contribution in [-0.2, 0) is 0 Å². The van der Waals surface area contributed by atoms with Crippen molar-refractivity contribution >= 4 is 11.6 Å². The molecule has 1 aliphatic heterocycles. The first-order valence-corrected chi connectivity index (χ1v) is 8.47. The monoisotopic (exact) mass is 306 g/mol. The van der Waals surface area contributed by atoms with Gasteiger partial charge in [0.1, 0.15) is 0 Å². The Hall–Kier alpha value is -2.29. The van der Waals surface area contributed by atoms with Crippen molar-refractivity contribution in [1.82, 2.24) is 4.90 Å². The second-order valence-corrected chi connectivity index (χ2v) is 6.75. The van der Waals surface area contributed by atoms with Crippen LogP contribution in [0.4, 0.5) is 5.69 Å². The molecule has 1 saturated carbocycles. The Morgan fingerprint density at radius 2 is 1.65 bits per heavy atom. The van der Waals surface area contributed by atoms with Gasteiger partial charge >= 0.3 is 0 Å². The molecule has 3 heteroatoms. The number of likely N-dealkylation sites (tertiary alicyclic amines) is 1. The van der Waals surface area contributed by atoms with Gasteiger partial charge in [0, 0.05) is 24.3 Å². The Bertz CT molecular complexity index is 720. The second kappa shape index (κ2) is 5.73. The van der Waals surface area contributed by atoms with Crippen molar-refractivity contribution in [3.8, 4) is 0 Å². The van der Waals surface area contributed by atoms with Crippen molar-refractivity contribution in [1.29, 1.82) is 0 Å². The Labute approximate surface area is 137 Å². The molecule has 1 amide bonds. The van der Waals surface area contributed by atoms with Crippen LogP contribution in [0.3, 0.4) is 0 Å². The average molecular weight is 306 g/mol. The summed E-state index contributed by atoms with van der Waals surface area (Å²) in [7, 11) is 0. The highest BCUT2D eigenvalue weighted by molar-refractivity contribution is 5.95. The van der Waals surface area contributed by atoms with E-state index >= 15 is 0 Å². The van der Waals surface area contributed by atoms with E-state index in [1.807, 2.05) is 23.1 Å². The fourth-order valence-corrected chi connectivity index (χ4v) is 3.75. The Kier molecular flexibility index (Phi) is 3.56. The van der Waals surface area contributed by atoms with Gasteiger partial charge in [-0.15, -0.1) is 0 Å². The number of amides is 1. The standard InChI is InChI=1S/C20H22N2O/c21-17-11-15(19-13-18(19)14-6-2-1-3-7-14)10-16(12-17)20(23)22-8-4-5-9-22/h1-3,6-7,10-12,18-19H,4-5,8-9,13,21H2/t18-,19-/m0/s1. The van der Waals surface area contributed by atoms with Crippen LogP contribution in [0.25, 0.3) is 0 Å². The number of nitrogen functional groups attached to an aromatic ring is 1. The summed E-state index contributed by atoms with van der Waals surface area (Å²) in [6, 6.07) is 16.5. The number of benzene rings is 2. The van der Waals surface area contributed by atoms with Crippen molar-refractivity contribution in [3.63, 3.8) is 0 Å². The topological polar surface area (TPSA) is 46.3 Å². The van der Waals surface area contributed by atoms with E-state index in [9.17, 15) is 4.79 Å². The first-order valence-electron chi connectivity index (χ1n) is 8.47. The Morgan fingerprint density at radius 1 is 0.957 bits per heavy atom. The molecule has 2 atom stereocenters. The molecule has 2 aliphatic rings. The first-order chi connectivity index (χ1) is 11.2. The third kappa shape index (κ3) is 2.83. The smallest absolute Gasteiger partial charge is 0.253 e. The molecular formula is C20H22N2O. The van der Waals surface area contributed by atoms with E-state index in [4.69, 9.17) is 5.73 Å². The number of hydrogen-bond donors (Lipinski definition) is 1. The zero-order valence-corrected chi connectivity index (χ0v) is 13.2. The van der Waals surface area contributed by atoms with Crippen LogP contribution in [0.2, 0.25) is 0 Å². The number of carbonyl (C=O) groups is 1. The molecule has 2 aromatic rings. The minimum absolute atomic E-state index is 0.132. The fraction of sp³-hybridized carbons (Fsp3) is 0.350. The van der Waals surface area contributed by atoms with Gasteiger partial charge < -0.3 is 10.6 Å². The Morgan fingerprint density at radius 3 is 2.39 bits per heavy atom. The molecule has 118 valence electrons. The van der Waals surface area contributed by atoms with E-state index in [0.29, 0.717) is 17.5 Å². The molecule has 0 aromatic heterocycles. The van der Waals surface area contributed by atoms with Crippen LogP contribution in [0.5, 0.6) is 0 Å². The normalized spacial score (nSPS) is 23.0. The lowest BCUT2D eigenvalue weighted by atomic mass is 10.0. The summed E-state index contributed by atoms with van der Waals surface area (Å²) >= 11 is 0. The third-order valence-corrected chi connectivity index (χ3v) is 5.06. The van der Waals surface area contributed by atoms with Crippen LogP contribution in [0.15, 0.2) is 48.5 Å². The largest absolute Gasteiger partial charge is 0.399 e. The lowest BCUT2D eigenvalue weighted by molar-refractivity contribution is 0.0793. The maximum Gasteiger partial charge on any atom is 0.253 e. The lowest BCUT2D eigenvalue weighted by Crippen LogP contribution is -2.27. The van der Waals surface area contributed by atoms with Crippen LogP contribution in [0.1, 0.15) is 52.6 Å². The first kappa shape index (κ1) is 14.3. The predicted octanol–water partition coefficient (Wildman–Crippen LogP) is 3.78. The highest BCUT2D eigenvalue weighted by Gasteiger charge is 2.39. The van der Waals surface area contributed by atoms with Crippen molar-refractivity contribution in [2.45, 2.75) is 31.1 Å². The van der Waals surface area contributed by atoms with Gasteiger partial charge in [-0.1, -0.05) is 30.3 Å². The van der Waals surface area contributed by atoms with Crippen molar-refractivity contribution in [3.05, 3.63) is 65.2 Å². The summed E-state index contributed by atoms with van der Waals surface area (Å²) in [5, 5.41) is 0. The number of carbonyl (C=O) groups excluding carboxylic acids is 1. The lowest BCUT2D eigenvalue weighted by Gasteiger charge is -2.16. The van der Waals surface area contributed by atoms with Gasteiger partial charge in [0.15, 0.2) is 0 Å². The number of nitrogens with two attached hydrogens (primary N) is 1. The second-order valence-electron chi connectivity index (χ2n) is 6.75. The van der Waals surface area contributed by atoms with Crippen LogP contribution < -0.4 is 5.73 Å². The molecule has 0 radical (unpaired) electrons. The average Bonchev–Trinajstić information content (AvgIpc) is 3.20. The highest BCUT2D eigenvalue weighted by Crippen LogP contribution is 2.54. The quantitative estimate of drug-likeness (QED) is 0.877. The van der Waals surface area contributed by atoms with Gasteiger partial charge in [0.2, 0.25) is 0 Å². The Balaban J connectivity index is 1.57. The van der Waals surface area contributed by atoms with Gasteiger partial charge in [-0.25, -0.2) is 0 Å². The minimum Gasteiger partial charge on any atom is -0.399 e. The van der Waals surface area contributed by atoms with Crippen LogP contribution in [0, 0.1) is 0 Å². The highest BCUT2D eigenvalue weighted by atomic mass is 16.2. The summed E-state index contributed by atoms with van der Waals surface area (Å²) < 4.78 is 0. The van der Waals surface area contributed by atoms with Crippen molar-refractivity contribution < 1.29 is 4.79 Å². The van der Waals surface area contributed by atoms with Gasteiger partial charge in [0.05, 0.1) is 0 Å². The molecule has 1 heterocycles. The third-order valence-electron chi connectivity index (χ3n) is 5.06. The predicted molar refractivity (Wildman–Crippen MR) is 92.5 cm³/mol. The number of anilines is 1. The van der Waals surface area contributed by atoms with Gasteiger partial charge in [-0.05, 0) is 60.4 Å². The maximum absolute atomic E-state index is 12.6. The van der Waals surface area contributed by atoms with Gasteiger partial charge in [0.25, 0.3) is 5.91 Å². The number of nitrogens with zero attached hydrogens (tertiary/aromatic N) is 1. The molecule has 3 nitrogen and oxygen atoms in total. The summed E-state index contributed by atoms with van der Waals surface area (Å²) in [5.74, 6) is 1.19. The van der Waals surface area contributed by atoms with E-state index in [1.54, 1.807) is 0 Å². The summed E-state index contributed by atoms with van der Waals surface area (Å²) in [6.45, 7) is 1.75. The molecule has 2 fully saturated rings. The van der Waals surface area contributed by atoms with E-state index < -0.39 is 0 Å². The van der Waals surface area contributed by atoms with Gasteiger partial charge in [-0.2, -0.15) is 0 Å². The zero-order valence-electron chi connectivity index (χ0n) is 13.2. The van der Waals surface area contributed by atoms with E-state index in [2.05, 4.69) is 30.3 Å². The van der Waals surface area contributed by atoms with Crippen LogP contribution in [-0.4, -0.2) is 23.9 Å². The molecule has 0 unspecified atom stereocenters. The zero-order chi connectivity index (χ0) is 15.8. The van der Waals surface area contributed by atoms with Gasteiger partial charge in [-0.3, -0.25) is 4.79 Å². The molecule has 23 heavy (non-hydrogen) atoms. The van der Waals surface area contributed by atoms with Crippen molar-refractivity contribution in [2.24, 2.45) is 0 Å². The number of hydrogen-bond acceptors (Lipinski definition) is 2. The van der Waals surface area contributed by atoms with E-state index in [1.165, 1.54) is 11.1 Å². The number of rotatable bonds is 3. The van der Waals surface area contributed by atoms with Crippen molar-refractivity contribution in [2.75, 3.05) is 18.8 Å². The van der Waals surface area contributed by atoms with E-state index in [0.717, 1.165) is 37.9 Å². The minimum atomic E-state index is 0.132. The fourth-order valence-electron chi connectivity index (χ4n) is 3.75. The SMILES string of the molecule is Nc1cc(C(=O)N2CCCC2)cc([C@@H]2C[C@H]2c2ccccc2)c1. The summed E-state index contributed by atoms with van der Waals surface area (Å²) in [4.78, 5) is 14.6. The molecular weight excluding hydrogens is 284 g/mol. The molecule has 1 aliphatic carbocycles. The maximum atomic E-state index is 12.6. The van der Waals surface area contributed by atoms with Crippen LogP contribution >= 0.6 is 0 Å². The molecule has 4 rings (SSSR count). The molecule has 2 aromatic carbocycles. The summed E-state index contributed by atoms with van der Waals surface area (Å²) in [5.41, 5.74) is 10.1. The van der Waals surface area contributed by atoms with E-state index in [-0.39, 0.29) is 5.91 Å².